The lowest BCUT2D eigenvalue weighted by Gasteiger charge is -2.26. The molecule has 204 valence electrons. The first-order valence-electron chi connectivity index (χ1n) is 13.4. The maximum Gasteiger partial charge on any atom is 0.263 e. The number of benzene rings is 3. The number of nitro groups is 1. The van der Waals surface area contributed by atoms with E-state index >= 15 is 0 Å². The Morgan fingerprint density at radius 3 is 2.28 bits per heavy atom. The van der Waals surface area contributed by atoms with Crippen molar-refractivity contribution in [3.63, 3.8) is 0 Å². The first-order valence-corrected chi connectivity index (χ1v) is 13.4. The summed E-state index contributed by atoms with van der Waals surface area (Å²) in [7, 11) is 0. The zero-order chi connectivity index (χ0) is 27.6. The topological polar surface area (TPSA) is 130 Å². The van der Waals surface area contributed by atoms with Crippen molar-refractivity contribution >= 4 is 28.4 Å². The minimum Gasteiger partial charge on any atom is -0.344 e. The van der Waals surface area contributed by atoms with Crippen LogP contribution in [0.1, 0.15) is 30.4 Å². The average Bonchev–Trinajstić information content (AvgIpc) is 2.95. The van der Waals surface area contributed by atoms with Crippen molar-refractivity contribution in [2.45, 2.75) is 44.2 Å². The Morgan fingerprint density at radius 2 is 1.56 bits per heavy atom. The van der Waals surface area contributed by atoms with Crippen LogP contribution in [0.2, 0.25) is 0 Å². The Morgan fingerprint density at radius 1 is 0.872 bits per heavy atom. The summed E-state index contributed by atoms with van der Waals surface area (Å²) >= 11 is 0. The summed E-state index contributed by atoms with van der Waals surface area (Å²) in [5.74, 6) is -1.60. The van der Waals surface area contributed by atoms with E-state index in [1.807, 2.05) is 72.8 Å². The van der Waals surface area contributed by atoms with Crippen LogP contribution in [0, 0.1) is 16.0 Å². The number of hydrogen-bond donors (Lipinski definition) is 3. The van der Waals surface area contributed by atoms with Crippen LogP contribution in [-0.4, -0.2) is 54.2 Å². The molecular weight excluding hydrogens is 496 g/mol. The predicted octanol–water partition coefficient (Wildman–Crippen LogP) is 2.83. The Kier molecular flexibility index (Phi) is 9.74. The smallest absolute Gasteiger partial charge is 0.263 e. The molecule has 0 unspecified atom stereocenters. The van der Waals surface area contributed by atoms with Crippen molar-refractivity contribution in [2.24, 2.45) is 5.92 Å². The van der Waals surface area contributed by atoms with Crippen molar-refractivity contribution in [1.82, 2.24) is 16.0 Å². The second kappa shape index (κ2) is 13.6. The number of nitrogens with zero attached hydrogens (tertiary/aromatic N) is 1. The van der Waals surface area contributed by atoms with Gasteiger partial charge in [0.2, 0.25) is 17.6 Å². The van der Waals surface area contributed by atoms with Crippen LogP contribution in [0.25, 0.3) is 10.8 Å². The molecule has 0 spiro atoms. The van der Waals surface area contributed by atoms with Gasteiger partial charge in [0.15, 0.2) is 0 Å². The fourth-order valence-corrected chi connectivity index (χ4v) is 4.96. The molecule has 1 aliphatic rings. The van der Waals surface area contributed by atoms with Crippen LogP contribution < -0.4 is 16.0 Å². The number of fused-ring (bicyclic) bond motifs is 1. The van der Waals surface area contributed by atoms with Crippen LogP contribution in [0.5, 0.6) is 0 Å². The average molecular weight is 531 g/mol. The van der Waals surface area contributed by atoms with Gasteiger partial charge in [0.1, 0.15) is 6.04 Å². The van der Waals surface area contributed by atoms with Gasteiger partial charge in [-0.05, 0) is 60.7 Å². The molecule has 0 radical (unpaired) electrons. The number of carbonyl (C=O) groups is 3. The van der Waals surface area contributed by atoms with Crippen molar-refractivity contribution < 1.29 is 19.3 Å². The van der Waals surface area contributed by atoms with Crippen molar-refractivity contribution in [3.05, 3.63) is 94.0 Å². The molecule has 1 heterocycles. The maximum absolute atomic E-state index is 13.6. The second-order valence-corrected chi connectivity index (χ2v) is 10.0. The normalized spacial score (nSPS) is 15.3. The Balaban J connectivity index is 1.53. The maximum atomic E-state index is 13.6. The molecule has 3 aromatic carbocycles. The molecule has 3 aromatic rings. The van der Waals surface area contributed by atoms with Gasteiger partial charge in [-0.1, -0.05) is 72.8 Å². The highest BCUT2D eigenvalue weighted by molar-refractivity contribution is 5.94. The second-order valence-electron chi connectivity index (χ2n) is 10.0. The summed E-state index contributed by atoms with van der Waals surface area (Å²) in [6.45, 7) is 0.587. The van der Waals surface area contributed by atoms with Gasteiger partial charge in [0.05, 0.1) is 6.04 Å². The monoisotopic (exact) mass is 530 g/mol. The number of aryl methyl sites for hydroxylation is 1. The van der Waals surface area contributed by atoms with E-state index in [1.165, 1.54) is 0 Å². The SMILES string of the molecule is O=C(N[C@@H](Cc1ccc2ccccc2c1)C(=O)N[C@@H](CCc1ccccc1)C(=O)C[N+](=O)[O-])C1CCNCC1. The lowest BCUT2D eigenvalue weighted by Crippen LogP contribution is -2.54. The van der Waals surface area contributed by atoms with E-state index in [1.54, 1.807) is 0 Å². The van der Waals surface area contributed by atoms with Crippen molar-refractivity contribution in [3.8, 4) is 0 Å². The number of piperidine rings is 1. The van der Waals surface area contributed by atoms with Gasteiger partial charge >= 0.3 is 0 Å². The highest BCUT2D eigenvalue weighted by Crippen LogP contribution is 2.18. The zero-order valence-electron chi connectivity index (χ0n) is 21.8. The lowest BCUT2D eigenvalue weighted by molar-refractivity contribution is -0.467. The van der Waals surface area contributed by atoms with Gasteiger partial charge in [-0.3, -0.25) is 24.5 Å². The number of Topliss-reactive ketones (excluding diaryl/α,β-unsaturated/α-hetero) is 1. The van der Waals surface area contributed by atoms with Gasteiger partial charge < -0.3 is 16.0 Å². The predicted molar refractivity (Wildman–Crippen MR) is 149 cm³/mol. The Hall–Kier alpha value is -4.11. The summed E-state index contributed by atoms with van der Waals surface area (Å²) in [6, 6.07) is 21.2. The highest BCUT2D eigenvalue weighted by atomic mass is 16.6. The Labute approximate surface area is 227 Å². The number of amides is 2. The fraction of sp³-hybridized carbons (Fsp3) is 0.367. The Bertz CT molecular complexity index is 1310. The molecule has 2 amide bonds. The minimum absolute atomic E-state index is 0.199. The molecule has 1 aliphatic heterocycles. The highest BCUT2D eigenvalue weighted by Gasteiger charge is 2.31. The first kappa shape index (κ1) is 27.9. The number of carbonyl (C=O) groups excluding carboxylic acids is 3. The van der Waals surface area contributed by atoms with Gasteiger partial charge in [-0.25, -0.2) is 0 Å². The molecule has 0 bridgehead atoms. The van der Waals surface area contributed by atoms with E-state index in [9.17, 15) is 24.5 Å². The third-order valence-electron chi connectivity index (χ3n) is 7.15. The fourth-order valence-electron chi connectivity index (χ4n) is 4.96. The number of rotatable bonds is 12. The molecule has 4 rings (SSSR count). The third-order valence-corrected chi connectivity index (χ3v) is 7.15. The molecule has 0 aliphatic carbocycles. The zero-order valence-corrected chi connectivity index (χ0v) is 21.8. The molecule has 0 aromatic heterocycles. The van der Waals surface area contributed by atoms with Crippen molar-refractivity contribution in [1.29, 1.82) is 0 Å². The summed E-state index contributed by atoms with van der Waals surface area (Å²) in [4.78, 5) is 49.9. The van der Waals surface area contributed by atoms with E-state index in [0.29, 0.717) is 19.3 Å². The van der Waals surface area contributed by atoms with E-state index in [0.717, 1.165) is 35.0 Å². The number of ketones is 1. The molecule has 1 saturated heterocycles. The van der Waals surface area contributed by atoms with E-state index in [4.69, 9.17) is 0 Å². The minimum atomic E-state index is -1.04. The molecule has 1 fully saturated rings. The molecule has 9 heteroatoms. The quantitative estimate of drug-likeness (QED) is 0.244. The van der Waals surface area contributed by atoms with Crippen LogP contribution >= 0.6 is 0 Å². The largest absolute Gasteiger partial charge is 0.344 e. The molecule has 39 heavy (non-hydrogen) atoms. The van der Waals surface area contributed by atoms with Crippen LogP contribution in [0.3, 0.4) is 0 Å². The van der Waals surface area contributed by atoms with E-state index in [2.05, 4.69) is 16.0 Å². The number of nitrogens with one attached hydrogen (secondary N) is 3. The van der Waals surface area contributed by atoms with Crippen LogP contribution in [0.15, 0.2) is 72.8 Å². The van der Waals surface area contributed by atoms with Gasteiger partial charge in [-0.2, -0.15) is 0 Å². The summed E-state index contributed by atoms with van der Waals surface area (Å²) in [5, 5.41) is 22.1. The van der Waals surface area contributed by atoms with Crippen LogP contribution in [0.4, 0.5) is 0 Å². The van der Waals surface area contributed by atoms with Gasteiger partial charge in [0.25, 0.3) is 6.54 Å². The van der Waals surface area contributed by atoms with Gasteiger partial charge in [-0.15, -0.1) is 0 Å². The third kappa shape index (κ3) is 8.19. The molecule has 9 nitrogen and oxygen atoms in total. The molecule has 2 atom stereocenters. The van der Waals surface area contributed by atoms with Crippen molar-refractivity contribution in [2.75, 3.05) is 19.6 Å². The number of hydrogen-bond acceptors (Lipinski definition) is 6. The molecule has 3 N–H and O–H groups in total. The lowest BCUT2D eigenvalue weighted by atomic mass is 9.95. The first-order chi connectivity index (χ1) is 18.9. The van der Waals surface area contributed by atoms with E-state index < -0.39 is 35.2 Å². The van der Waals surface area contributed by atoms with Gasteiger partial charge in [0, 0.05) is 17.3 Å². The van der Waals surface area contributed by atoms with Crippen LogP contribution in [-0.2, 0) is 27.2 Å². The molecule has 0 saturated carbocycles. The standard InChI is InChI=1S/C30H34N4O5/c35-28(20-34(38)39)26(13-11-21-6-2-1-3-7-21)32-30(37)27(33-29(36)24-14-16-31-17-15-24)19-22-10-12-23-8-4-5-9-25(23)18-22/h1-10,12,18,24,26-27,31H,11,13-17,19-20H2,(H,32,37)(H,33,36)/t26-,27-/m0/s1. The molecular formula is C30H34N4O5. The summed E-state index contributed by atoms with van der Waals surface area (Å²) in [6.07, 6.45) is 2.26. The summed E-state index contributed by atoms with van der Waals surface area (Å²) < 4.78 is 0. The summed E-state index contributed by atoms with van der Waals surface area (Å²) in [5.41, 5.74) is 1.81. The van der Waals surface area contributed by atoms with E-state index in [-0.39, 0.29) is 24.7 Å².